The van der Waals surface area contributed by atoms with Gasteiger partial charge in [0, 0.05) is 13.1 Å². The Morgan fingerprint density at radius 1 is 1.27 bits per heavy atom. The van der Waals surface area contributed by atoms with Crippen LogP contribution in [0.4, 0.5) is 5.69 Å². The molecule has 5 nitrogen and oxygen atoms in total. The summed E-state index contributed by atoms with van der Waals surface area (Å²) in [6, 6.07) is 5.72. The summed E-state index contributed by atoms with van der Waals surface area (Å²) < 4.78 is 25.8. The molecule has 1 aliphatic rings. The Morgan fingerprint density at radius 2 is 1.91 bits per heavy atom. The van der Waals surface area contributed by atoms with E-state index in [1.54, 1.807) is 4.90 Å². The molecule has 0 aromatic heterocycles. The number of aryl methyl sites for hydroxylation is 2. The molecule has 1 aromatic carbocycles. The normalized spacial score (nSPS) is 15.1. The first kappa shape index (κ1) is 16.8. The van der Waals surface area contributed by atoms with Crippen molar-refractivity contribution in [1.29, 1.82) is 0 Å². The Kier molecular flexibility index (Phi) is 5.11. The third-order valence-electron chi connectivity index (χ3n) is 4.09. The molecule has 1 fully saturated rings. The van der Waals surface area contributed by atoms with Crippen molar-refractivity contribution in [2.75, 3.05) is 30.2 Å². The molecule has 1 saturated heterocycles. The van der Waals surface area contributed by atoms with Crippen LogP contribution in [-0.2, 0) is 21.2 Å². The van der Waals surface area contributed by atoms with Gasteiger partial charge in [-0.2, -0.15) is 0 Å². The standard InChI is InChI=1S/C16H24N2O3S/c1-4-14-9-7-8-13(2)16(14)18(22(3,20)21)12-15(19)17-10-5-6-11-17/h7-9H,4-6,10-12H2,1-3H3. The van der Waals surface area contributed by atoms with Crippen LogP contribution in [0.2, 0.25) is 0 Å². The van der Waals surface area contributed by atoms with E-state index in [1.165, 1.54) is 4.31 Å². The molecule has 22 heavy (non-hydrogen) atoms. The molecule has 0 unspecified atom stereocenters. The molecule has 0 radical (unpaired) electrons. The van der Waals surface area contributed by atoms with Crippen LogP contribution in [0.5, 0.6) is 0 Å². The average Bonchev–Trinajstić information content (AvgIpc) is 2.97. The molecule has 0 atom stereocenters. The fourth-order valence-corrected chi connectivity index (χ4v) is 3.85. The maximum Gasteiger partial charge on any atom is 0.243 e. The number of likely N-dealkylation sites (tertiary alicyclic amines) is 1. The van der Waals surface area contributed by atoms with Crippen molar-refractivity contribution in [3.05, 3.63) is 29.3 Å². The highest BCUT2D eigenvalue weighted by atomic mass is 32.2. The first-order valence-corrected chi connectivity index (χ1v) is 9.53. The van der Waals surface area contributed by atoms with Crippen molar-refractivity contribution in [2.24, 2.45) is 0 Å². The van der Waals surface area contributed by atoms with Crippen molar-refractivity contribution < 1.29 is 13.2 Å². The first-order valence-electron chi connectivity index (χ1n) is 7.68. The molecule has 2 rings (SSSR count). The quantitative estimate of drug-likeness (QED) is 0.832. The highest BCUT2D eigenvalue weighted by Gasteiger charge is 2.27. The Morgan fingerprint density at radius 3 is 2.45 bits per heavy atom. The predicted molar refractivity (Wildman–Crippen MR) is 88.6 cm³/mol. The van der Waals surface area contributed by atoms with E-state index in [2.05, 4.69) is 0 Å². The lowest BCUT2D eigenvalue weighted by atomic mass is 10.1. The third kappa shape index (κ3) is 3.61. The van der Waals surface area contributed by atoms with Crippen LogP contribution in [0.3, 0.4) is 0 Å². The average molecular weight is 324 g/mol. The molecule has 0 bridgehead atoms. The molecule has 6 heteroatoms. The number of nitrogens with zero attached hydrogens (tertiary/aromatic N) is 2. The minimum absolute atomic E-state index is 0.114. The summed E-state index contributed by atoms with van der Waals surface area (Å²) >= 11 is 0. The van der Waals surface area contributed by atoms with E-state index in [-0.39, 0.29) is 12.5 Å². The van der Waals surface area contributed by atoms with Crippen molar-refractivity contribution in [3.8, 4) is 0 Å². The number of carbonyl (C=O) groups is 1. The summed E-state index contributed by atoms with van der Waals surface area (Å²) in [6.07, 6.45) is 3.88. The number of benzene rings is 1. The Balaban J connectivity index is 2.37. The van der Waals surface area contributed by atoms with Gasteiger partial charge in [0.15, 0.2) is 0 Å². The predicted octanol–water partition coefficient (Wildman–Crippen LogP) is 1.95. The molecule has 122 valence electrons. The number of hydrogen-bond donors (Lipinski definition) is 0. The minimum Gasteiger partial charge on any atom is -0.341 e. The number of para-hydroxylation sites is 1. The fraction of sp³-hybridized carbons (Fsp3) is 0.562. The molecule has 1 aromatic rings. The maximum atomic E-state index is 12.4. The van der Waals surface area contributed by atoms with E-state index >= 15 is 0 Å². The summed E-state index contributed by atoms with van der Waals surface area (Å²) in [4.78, 5) is 14.2. The largest absolute Gasteiger partial charge is 0.341 e. The van der Waals surface area contributed by atoms with Gasteiger partial charge in [-0.25, -0.2) is 8.42 Å². The lowest BCUT2D eigenvalue weighted by Gasteiger charge is -2.28. The molecule has 1 amide bonds. The molecule has 0 N–H and O–H groups in total. The molecule has 0 spiro atoms. The summed E-state index contributed by atoms with van der Waals surface area (Å²) in [5.74, 6) is -0.117. The molecule has 0 aliphatic carbocycles. The van der Waals surface area contributed by atoms with E-state index in [1.807, 2.05) is 32.0 Å². The summed E-state index contributed by atoms with van der Waals surface area (Å²) in [7, 11) is -3.51. The van der Waals surface area contributed by atoms with Crippen molar-refractivity contribution >= 4 is 21.6 Å². The summed E-state index contributed by atoms with van der Waals surface area (Å²) in [5.41, 5.74) is 2.47. The minimum atomic E-state index is -3.51. The molecule has 1 heterocycles. The second-order valence-corrected chi connectivity index (χ2v) is 7.70. The zero-order valence-corrected chi connectivity index (χ0v) is 14.3. The molecule has 0 saturated carbocycles. The third-order valence-corrected chi connectivity index (χ3v) is 5.20. The van der Waals surface area contributed by atoms with Gasteiger partial charge < -0.3 is 4.90 Å². The summed E-state index contributed by atoms with van der Waals surface area (Å²) in [5, 5.41) is 0. The van der Waals surface area contributed by atoms with Gasteiger partial charge in [0.2, 0.25) is 15.9 Å². The van der Waals surface area contributed by atoms with E-state index in [4.69, 9.17) is 0 Å². The molecular weight excluding hydrogens is 300 g/mol. The van der Waals surface area contributed by atoms with Crippen LogP contribution in [0.15, 0.2) is 18.2 Å². The van der Waals surface area contributed by atoms with Gasteiger partial charge in [0.05, 0.1) is 11.9 Å². The van der Waals surface area contributed by atoms with Gasteiger partial charge in [-0.15, -0.1) is 0 Å². The zero-order valence-electron chi connectivity index (χ0n) is 13.5. The number of amides is 1. The van der Waals surface area contributed by atoms with Gasteiger partial charge in [0.25, 0.3) is 0 Å². The van der Waals surface area contributed by atoms with E-state index < -0.39 is 10.0 Å². The van der Waals surface area contributed by atoms with Crippen LogP contribution in [0.1, 0.15) is 30.9 Å². The number of anilines is 1. The molecule has 1 aliphatic heterocycles. The van der Waals surface area contributed by atoms with Gasteiger partial charge in [-0.05, 0) is 37.3 Å². The van der Waals surface area contributed by atoms with Crippen LogP contribution < -0.4 is 4.31 Å². The van der Waals surface area contributed by atoms with E-state index in [9.17, 15) is 13.2 Å². The smallest absolute Gasteiger partial charge is 0.243 e. The van der Waals surface area contributed by atoms with Crippen molar-refractivity contribution in [2.45, 2.75) is 33.1 Å². The Labute approximate surface area is 133 Å². The van der Waals surface area contributed by atoms with Gasteiger partial charge >= 0.3 is 0 Å². The van der Waals surface area contributed by atoms with Crippen LogP contribution in [0, 0.1) is 6.92 Å². The zero-order chi connectivity index (χ0) is 16.3. The van der Waals surface area contributed by atoms with Gasteiger partial charge in [-0.3, -0.25) is 9.10 Å². The van der Waals surface area contributed by atoms with Crippen molar-refractivity contribution in [3.63, 3.8) is 0 Å². The first-order chi connectivity index (χ1) is 10.3. The van der Waals surface area contributed by atoms with Crippen molar-refractivity contribution in [1.82, 2.24) is 4.90 Å². The molecular formula is C16H24N2O3S. The SMILES string of the molecule is CCc1cccc(C)c1N(CC(=O)N1CCCC1)S(C)(=O)=O. The number of rotatable bonds is 5. The van der Waals surface area contributed by atoms with E-state index in [0.29, 0.717) is 5.69 Å². The van der Waals surface area contributed by atoms with Gasteiger partial charge in [0.1, 0.15) is 6.54 Å². The van der Waals surface area contributed by atoms with E-state index in [0.717, 1.165) is 49.7 Å². The number of sulfonamides is 1. The van der Waals surface area contributed by atoms with Crippen LogP contribution >= 0.6 is 0 Å². The summed E-state index contributed by atoms with van der Waals surface area (Å²) in [6.45, 7) is 5.21. The fourth-order valence-electron chi connectivity index (χ4n) is 2.91. The van der Waals surface area contributed by atoms with Crippen LogP contribution in [-0.4, -0.2) is 45.1 Å². The lowest BCUT2D eigenvalue weighted by molar-refractivity contribution is -0.128. The highest BCUT2D eigenvalue weighted by molar-refractivity contribution is 7.92. The maximum absolute atomic E-state index is 12.4. The Bertz CT molecular complexity index is 649. The highest BCUT2D eigenvalue weighted by Crippen LogP contribution is 2.28. The van der Waals surface area contributed by atoms with Crippen LogP contribution in [0.25, 0.3) is 0 Å². The second-order valence-electron chi connectivity index (χ2n) is 5.79. The second kappa shape index (κ2) is 6.69. The topological polar surface area (TPSA) is 57.7 Å². The monoisotopic (exact) mass is 324 g/mol. The lowest BCUT2D eigenvalue weighted by Crippen LogP contribution is -2.42. The number of carbonyl (C=O) groups excluding carboxylic acids is 1. The Hall–Kier alpha value is -1.56. The number of hydrogen-bond acceptors (Lipinski definition) is 3. The van der Waals surface area contributed by atoms with Gasteiger partial charge in [-0.1, -0.05) is 25.1 Å².